The Labute approximate surface area is 288 Å². The lowest BCUT2D eigenvalue weighted by Gasteiger charge is -2.22. The summed E-state index contributed by atoms with van der Waals surface area (Å²) >= 11 is 0. The van der Waals surface area contributed by atoms with Crippen molar-refractivity contribution >= 4 is 11.8 Å². The Kier molecular flexibility index (Phi) is 12.2. The quantitative estimate of drug-likeness (QED) is 0.103. The van der Waals surface area contributed by atoms with Crippen LogP contribution in [0.1, 0.15) is 79.8 Å². The topological polar surface area (TPSA) is 118 Å². The largest absolute Gasteiger partial charge is 0.508 e. The highest BCUT2D eigenvalue weighted by Gasteiger charge is 2.41. The Balaban J connectivity index is 0.000000352. The van der Waals surface area contributed by atoms with Gasteiger partial charge in [-0.25, -0.2) is 0 Å². The molecule has 1 aliphatic rings. The molecule has 0 aliphatic carbocycles. The fourth-order valence-corrected chi connectivity index (χ4v) is 6.04. The minimum absolute atomic E-state index is 0.0231. The number of phenols is 4. The molecule has 0 radical (unpaired) electrons. The molecule has 4 N–H and O–H groups in total. The molecule has 6 rings (SSSR count). The van der Waals surface area contributed by atoms with E-state index in [0.717, 1.165) is 33.4 Å². The van der Waals surface area contributed by atoms with Crippen LogP contribution in [0.4, 0.5) is 0 Å². The number of rotatable bonds is 7. The van der Waals surface area contributed by atoms with E-state index in [0.29, 0.717) is 6.54 Å². The van der Waals surface area contributed by atoms with Crippen molar-refractivity contribution < 1.29 is 30.0 Å². The molecule has 5 aromatic rings. The Morgan fingerprint density at radius 3 is 0.796 bits per heavy atom. The molecule has 7 heteroatoms. The van der Waals surface area contributed by atoms with Crippen molar-refractivity contribution in [3.63, 3.8) is 0 Å². The Bertz CT molecular complexity index is 1570. The lowest BCUT2D eigenvalue weighted by molar-refractivity contribution is -0.139. The van der Waals surface area contributed by atoms with Crippen LogP contribution in [-0.2, 0) is 9.59 Å². The van der Waals surface area contributed by atoms with Crippen molar-refractivity contribution in [3.8, 4) is 23.0 Å². The third-order valence-corrected chi connectivity index (χ3v) is 8.89. The van der Waals surface area contributed by atoms with Gasteiger partial charge in [-0.3, -0.25) is 14.5 Å². The first-order valence-corrected chi connectivity index (χ1v) is 16.7. The molecule has 2 amide bonds. The van der Waals surface area contributed by atoms with Gasteiger partial charge in [0.15, 0.2) is 0 Å². The van der Waals surface area contributed by atoms with Gasteiger partial charge >= 0.3 is 0 Å². The van der Waals surface area contributed by atoms with Crippen molar-refractivity contribution in [3.05, 3.63) is 155 Å². The zero-order valence-electron chi connectivity index (χ0n) is 28.6. The molecule has 0 bridgehead atoms. The van der Waals surface area contributed by atoms with E-state index in [1.54, 1.807) is 62.4 Å². The second-order valence-electron chi connectivity index (χ2n) is 11.9. The Morgan fingerprint density at radius 1 is 0.449 bits per heavy atom. The maximum atomic E-state index is 11.3. The van der Waals surface area contributed by atoms with Crippen molar-refractivity contribution in [2.45, 2.75) is 46.5 Å². The molecule has 1 heterocycles. The molecule has 49 heavy (non-hydrogen) atoms. The van der Waals surface area contributed by atoms with Gasteiger partial charge in [0.1, 0.15) is 23.0 Å². The van der Waals surface area contributed by atoms with Crippen LogP contribution in [0, 0.1) is 11.8 Å². The number of nitrogens with zero attached hydrogens (tertiary/aromatic N) is 1. The molecule has 0 saturated carbocycles. The summed E-state index contributed by atoms with van der Waals surface area (Å²) in [6, 6.07) is 37.2. The minimum Gasteiger partial charge on any atom is -0.508 e. The number of carbonyl (C=O) groups is 2. The smallest absolute Gasteiger partial charge is 0.232 e. The first-order valence-electron chi connectivity index (χ1n) is 16.7. The monoisotopic (exact) mass is 659 g/mol. The average molecular weight is 660 g/mol. The molecule has 5 aromatic carbocycles. The van der Waals surface area contributed by atoms with Crippen molar-refractivity contribution in [1.82, 2.24) is 4.90 Å². The second kappa shape index (κ2) is 16.5. The van der Waals surface area contributed by atoms with Gasteiger partial charge in [0.25, 0.3) is 0 Å². The molecule has 254 valence electrons. The third kappa shape index (κ3) is 8.49. The molecular formula is C42H45NO6. The van der Waals surface area contributed by atoms with Gasteiger partial charge in [0.2, 0.25) is 11.8 Å². The molecular weight excluding hydrogens is 614 g/mol. The number of imide groups is 1. The standard InChI is InChI=1S/C32H26O4.C8H13NO2.C2H6/c33-27-13-5-23(6-14-27)31(24-7-15-28(34)16-8-24)21-1-2-22(4-3-21)32(25-9-17-29(35)18-10-25)26-11-19-30(36)20-12-26;1-4-9-7(10)5(2)6(3)8(9)11;1-2/h1-20,31-36H;5-6H,4H2,1-3H3;1-2H3. The minimum atomic E-state index is -0.123. The van der Waals surface area contributed by atoms with Gasteiger partial charge in [-0.05, 0) is 88.8 Å². The molecule has 2 unspecified atom stereocenters. The Morgan fingerprint density at radius 2 is 0.633 bits per heavy atom. The van der Waals surface area contributed by atoms with Crippen LogP contribution in [0.3, 0.4) is 0 Å². The lowest BCUT2D eigenvalue weighted by atomic mass is 9.81. The first-order chi connectivity index (χ1) is 23.6. The number of phenolic OH excluding ortho intramolecular Hbond substituents is 4. The van der Waals surface area contributed by atoms with E-state index < -0.39 is 0 Å². The number of likely N-dealkylation sites (tertiary alicyclic amines) is 1. The van der Waals surface area contributed by atoms with Gasteiger partial charge in [0.05, 0.1) is 0 Å². The van der Waals surface area contributed by atoms with Crippen LogP contribution in [0.25, 0.3) is 0 Å². The summed E-state index contributed by atoms with van der Waals surface area (Å²) in [5, 5.41) is 39.2. The Hall–Kier alpha value is -5.56. The molecule has 1 saturated heterocycles. The fourth-order valence-electron chi connectivity index (χ4n) is 6.04. The summed E-state index contributed by atoms with van der Waals surface area (Å²) in [4.78, 5) is 23.9. The van der Waals surface area contributed by atoms with Crippen LogP contribution in [0.15, 0.2) is 121 Å². The van der Waals surface area contributed by atoms with Gasteiger partial charge in [-0.2, -0.15) is 0 Å². The number of carbonyl (C=O) groups excluding carboxylic acids is 2. The highest BCUT2D eigenvalue weighted by atomic mass is 16.3. The third-order valence-electron chi connectivity index (χ3n) is 8.89. The van der Waals surface area contributed by atoms with Crippen LogP contribution in [-0.4, -0.2) is 43.7 Å². The number of amides is 2. The number of benzene rings is 5. The van der Waals surface area contributed by atoms with Gasteiger partial charge in [0, 0.05) is 30.2 Å². The first kappa shape index (κ1) is 36.3. The van der Waals surface area contributed by atoms with Crippen LogP contribution < -0.4 is 0 Å². The average Bonchev–Trinajstić information content (AvgIpc) is 3.31. The van der Waals surface area contributed by atoms with E-state index in [1.807, 2.05) is 69.3 Å². The molecule has 0 spiro atoms. The maximum absolute atomic E-state index is 11.3. The van der Waals surface area contributed by atoms with E-state index in [2.05, 4.69) is 24.3 Å². The van der Waals surface area contributed by atoms with Crippen molar-refractivity contribution in [2.24, 2.45) is 11.8 Å². The SMILES string of the molecule is CC.CCN1C(=O)C(C)C(C)C1=O.Oc1ccc(C(c2ccc(O)cc2)c2ccc(C(c3ccc(O)cc3)c3ccc(O)cc3)cc2)cc1. The number of hydrogen-bond acceptors (Lipinski definition) is 6. The van der Waals surface area contributed by atoms with E-state index in [4.69, 9.17) is 0 Å². The predicted octanol–water partition coefficient (Wildman–Crippen LogP) is 8.54. The van der Waals surface area contributed by atoms with E-state index >= 15 is 0 Å². The maximum Gasteiger partial charge on any atom is 0.232 e. The fraction of sp³-hybridized carbons (Fsp3) is 0.238. The van der Waals surface area contributed by atoms with Crippen LogP contribution in [0.5, 0.6) is 23.0 Å². The summed E-state index contributed by atoms with van der Waals surface area (Å²) in [5.41, 5.74) is 6.26. The molecule has 1 aliphatic heterocycles. The predicted molar refractivity (Wildman–Crippen MR) is 193 cm³/mol. The molecule has 1 fully saturated rings. The van der Waals surface area contributed by atoms with Gasteiger partial charge < -0.3 is 20.4 Å². The zero-order chi connectivity index (χ0) is 35.7. The highest BCUT2D eigenvalue weighted by Crippen LogP contribution is 2.37. The summed E-state index contributed by atoms with van der Waals surface area (Å²) < 4.78 is 0. The van der Waals surface area contributed by atoms with Crippen molar-refractivity contribution in [1.29, 1.82) is 0 Å². The van der Waals surface area contributed by atoms with Gasteiger partial charge in [-0.1, -0.05) is 100 Å². The van der Waals surface area contributed by atoms with Crippen molar-refractivity contribution in [2.75, 3.05) is 6.54 Å². The summed E-state index contributed by atoms with van der Waals surface area (Å²) in [5.74, 6) is 0.392. The number of aromatic hydroxyl groups is 4. The molecule has 0 aromatic heterocycles. The normalized spacial score (nSPS) is 15.4. The summed E-state index contributed by atoms with van der Waals surface area (Å²) in [6.45, 7) is 9.94. The molecule has 2 atom stereocenters. The van der Waals surface area contributed by atoms with Gasteiger partial charge in [-0.15, -0.1) is 0 Å². The summed E-state index contributed by atoms with van der Waals surface area (Å²) in [7, 11) is 0. The van der Waals surface area contributed by atoms with E-state index in [-0.39, 0.29) is 58.5 Å². The second-order valence-corrected chi connectivity index (χ2v) is 11.9. The van der Waals surface area contributed by atoms with Crippen LogP contribution >= 0.6 is 0 Å². The number of hydrogen-bond donors (Lipinski definition) is 4. The lowest BCUT2D eigenvalue weighted by Crippen LogP contribution is -2.30. The van der Waals surface area contributed by atoms with E-state index in [1.165, 1.54) is 4.90 Å². The van der Waals surface area contributed by atoms with E-state index in [9.17, 15) is 30.0 Å². The zero-order valence-corrected chi connectivity index (χ0v) is 28.6. The highest BCUT2D eigenvalue weighted by molar-refractivity contribution is 6.04. The summed E-state index contributed by atoms with van der Waals surface area (Å²) in [6.07, 6.45) is 0. The van der Waals surface area contributed by atoms with Crippen LogP contribution in [0.2, 0.25) is 0 Å². The molecule has 7 nitrogen and oxygen atoms in total.